The van der Waals surface area contributed by atoms with Crippen molar-refractivity contribution in [1.82, 2.24) is 29.6 Å². The van der Waals surface area contributed by atoms with E-state index in [2.05, 4.69) is 62.8 Å². The molecule has 0 amide bonds. The number of rotatable bonds is 8. The lowest BCUT2D eigenvalue weighted by Crippen LogP contribution is -2.23. The van der Waals surface area contributed by atoms with E-state index in [4.69, 9.17) is 0 Å². The Morgan fingerprint density at radius 1 is 1.20 bits per heavy atom. The van der Waals surface area contributed by atoms with Crippen LogP contribution in [0.1, 0.15) is 36.6 Å². The average Bonchev–Trinajstić information content (AvgIpc) is 3.36. The molecule has 0 aliphatic rings. The molecule has 30 heavy (non-hydrogen) atoms. The molecule has 0 aliphatic heterocycles. The van der Waals surface area contributed by atoms with Gasteiger partial charge in [0.2, 0.25) is 0 Å². The van der Waals surface area contributed by atoms with Crippen molar-refractivity contribution in [2.45, 2.75) is 36.8 Å². The van der Waals surface area contributed by atoms with Crippen LogP contribution in [0.15, 0.2) is 51.7 Å². The molecular formula is C21H24N6OS2. The first-order valence-corrected chi connectivity index (χ1v) is 11.7. The van der Waals surface area contributed by atoms with Crippen molar-refractivity contribution in [2.24, 2.45) is 0 Å². The zero-order chi connectivity index (χ0) is 21.1. The van der Waals surface area contributed by atoms with Crippen molar-refractivity contribution in [1.29, 1.82) is 0 Å². The van der Waals surface area contributed by atoms with E-state index >= 15 is 0 Å². The number of hydrogen-bond donors (Lipinski definition) is 1. The summed E-state index contributed by atoms with van der Waals surface area (Å²) in [6.45, 7) is 2.85. The van der Waals surface area contributed by atoms with Gasteiger partial charge in [0.25, 0.3) is 5.56 Å². The molecule has 4 aromatic rings. The number of H-pyrrole nitrogens is 1. The van der Waals surface area contributed by atoms with Crippen molar-refractivity contribution in [3.8, 4) is 0 Å². The SMILES string of the molecule is CCC(c1nnc(SCc2nc3ccsc3c(=O)[nH]2)n1Cc1ccccc1)N(C)C. The number of hydrogen-bond acceptors (Lipinski definition) is 7. The number of aromatic amines is 1. The number of thiophene rings is 1. The molecule has 0 saturated heterocycles. The first-order chi connectivity index (χ1) is 14.6. The number of fused-ring (bicyclic) bond motifs is 1. The predicted octanol–water partition coefficient (Wildman–Crippen LogP) is 3.93. The second kappa shape index (κ2) is 9.11. The number of nitrogens with one attached hydrogen (secondary N) is 1. The highest BCUT2D eigenvalue weighted by atomic mass is 32.2. The lowest BCUT2D eigenvalue weighted by molar-refractivity contribution is 0.272. The van der Waals surface area contributed by atoms with Crippen LogP contribution in [-0.4, -0.2) is 43.7 Å². The van der Waals surface area contributed by atoms with E-state index < -0.39 is 0 Å². The summed E-state index contributed by atoms with van der Waals surface area (Å²) >= 11 is 2.95. The number of nitrogens with zero attached hydrogens (tertiary/aromatic N) is 5. The Morgan fingerprint density at radius 2 is 2.00 bits per heavy atom. The topological polar surface area (TPSA) is 79.7 Å². The highest BCUT2D eigenvalue weighted by Crippen LogP contribution is 2.27. The fraction of sp³-hybridized carbons (Fsp3) is 0.333. The second-order valence-corrected chi connectivity index (χ2v) is 9.10. The first-order valence-electron chi connectivity index (χ1n) is 9.79. The third kappa shape index (κ3) is 4.33. The molecule has 0 saturated carbocycles. The van der Waals surface area contributed by atoms with E-state index in [0.29, 0.717) is 22.8 Å². The molecule has 4 rings (SSSR count). The average molecular weight is 441 g/mol. The Balaban J connectivity index is 1.64. The van der Waals surface area contributed by atoms with E-state index in [1.165, 1.54) is 16.9 Å². The first kappa shape index (κ1) is 20.8. The van der Waals surface area contributed by atoms with Gasteiger partial charge in [-0.3, -0.25) is 9.69 Å². The van der Waals surface area contributed by atoms with Crippen molar-refractivity contribution in [3.05, 3.63) is 69.3 Å². The van der Waals surface area contributed by atoms with Crippen LogP contribution in [0.2, 0.25) is 0 Å². The van der Waals surface area contributed by atoms with Crippen molar-refractivity contribution in [3.63, 3.8) is 0 Å². The smallest absolute Gasteiger partial charge is 0.268 e. The standard InChI is InChI=1S/C21H24N6OS2/c1-4-16(26(2)3)19-24-25-21(27(19)12-14-8-6-5-7-9-14)30-13-17-22-15-10-11-29-18(15)20(28)23-17/h5-11,16H,4,12-13H2,1-3H3,(H,22,23,28). The van der Waals surface area contributed by atoms with Gasteiger partial charge in [0.15, 0.2) is 11.0 Å². The largest absolute Gasteiger partial charge is 0.309 e. The molecule has 3 heterocycles. The van der Waals surface area contributed by atoms with Gasteiger partial charge in [0.05, 0.1) is 23.9 Å². The summed E-state index contributed by atoms with van der Waals surface area (Å²) in [5, 5.41) is 11.7. The monoisotopic (exact) mass is 440 g/mol. The van der Waals surface area contributed by atoms with Gasteiger partial charge in [-0.05, 0) is 37.5 Å². The Labute approximate surface area is 183 Å². The fourth-order valence-corrected chi connectivity index (χ4v) is 5.01. The van der Waals surface area contributed by atoms with Crippen LogP contribution >= 0.6 is 23.1 Å². The quantitative estimate of drug-likeness (QED) is 0.418. The van der Waals surface area contributed by atoms with E-state index in [0.717, 1.165) is 22.9 Å². The minimum atomic E-state index is -0.0873. The highest BCUT2D eigenvalue weighted by Gasteiger charge is 2.22. The molecule has 1 N–H and O–H groups in total. The lowest BCUT2D eigenvalue weighted by atomic mass is 10.2. The Hall–Kier alpha value is -2.49. The molecule has 156 valence electrons. The fourth-order valence-electron chi connectivity index (χ4n) is 3.47. The minimum Gasteiger partial charge on any atom is -0.309 e. The molecule has 0 fully saturated rings. The zero-order valence-corrected chi connectivity index (χ0v) is 18.8. The van der Waals surface area contributed by atoms with Crippen LogP contribution in [0.25, 0.3) is 10.2 Å². The summed E-state index contributed by atoms with van der Waals surface area (Å²) in [6.07, 6.45) is 0.939. The maximum absolute atomic E-state index is 12.3. The molecule has 1 unspecified atom stereocenters. The number of benzene rings is 1. The third-order valence-electron chi connectivity index (χ3n) is 4.94. The molecule has 1 atom stereocenters. The summed E-state index contributed by atoms with van der Waals surface area (Å²) in [5.74, 6) is 2.11. The Morgan fingerprint density at radius 3 is 2.73 bits per heavy atom. The molecular weight excluding hydrogens is 416 g/mol. The molecule has 7 nitrogen and oxygen atoms in total. The van der Waals surface area contributed by atoms with Crippen LogP contribution in [-0.2, 0) is 12.3 Å². The molecule has 3 aromatic heterocycles. The maximum atomic E-state index is 12.3. The van der Waals surface area contributed by atoms with E-state index in [-0.39, 0.29) is 11.6 Å². The van der Waals surface area contributed by atoms with Crippen LogP contribution in [0.4, 0.5) is 0 Å². The van der Waals surface area contributed by atoms with Gasteiger partial charge in [0.1, 0.15) is 10.5 Å². The lowest BCUT2D eigenvalue weighted by Gasteiger charge is -2.23. The molecule has 0 aliphatic carbocycles. The molecule has 9 heteroatoms. The zero-order valence-electron chi connectivity index (χ0n) is 17.2. The number of aromatic nitrogens is 5. The van der Waals surface area contributed by atoms with Crippen LogP contribution in [0.3, 0.4) is 0 Å². The van der Waals surface area contributed by atoms with Gasteiger partial charge in [0, 0.05) is 0 Å². The summed E-state index contributed by atoms with van der Waals surface area (Å²) in [4.78, 5) is 21.9. The maximum Gasteiger partial charge on any atom is 0.268 e. The van der Waals surface area contributed by atoms with Crippen LogP contribution in [0, 0.1) is 0 Å². The minimum absolute atomic E-state index is 0.0873. The molecule has 0 radical (unpaired) electrons. The van der Waals surface area contributed by atoms with Crippen molar-refractivity contribution >= 4 is 33.3 Å². The van der Waals surface area contributed by atoms with Gasteiger partial charge in [-0.25, -0.2) is 4.98 Å². The predicted molar refractivity (Wildman–Crippen MR) is 122 cm³/mol. The third-order valence-corrected chi connectivity index (χ3v) is 6.82. The Bertz CT molecular complexity index is 1180. The van der Waals surface area contributed by atoms with Crippen LogP contribution in [0.5, 0.6) is 0 Å². The number of thioether (sulfide) groups is 1. The van der Waals surface area contributed by atoms with Gasteiger partial charge >= 0.3 is 0 Å². The van der Waals surface area contributed by atoms with Gasteiger partial charge < -0.3 is 9.55 Å². The molecule has 0 spiro atoms. The summed E-state index contributed by atoms with van der Waals surface area (Å²) in [7, 11) is 4.13. The highest BCUT2D eigenvalue weighted by molar-refractivity contribution is 7.98. The molecule has 0 bridgehead atoms. The van der Waals surface area contributed by atoms with E-state index in [9.17, 15) is 4.79 Å². The van der Waals surface area contributed by atoms with E-state index in [1.807, 2.05) is 29.6 Å². The summed E-state index contributed by atoms with van der Waals surface area (Å²) in [5.41, 5.74) is 1.85. The van der Waals surface area contributed by atoms with Crippen LogP contribution < -0.4 is 5.56 Å². The van der Waals surface area contributed by atoms with Crippen molar-refractivity contribution < 1.29 is 0 Å². The van der Waals surface area contributed by atoms with Gasteiger partial charge in [-0.1, -0.05) is 49.0 Å². The molecule has 1 aromatic carbocycles. The van der Waals surface area contributed by atoms with E-state index in [1.54, 1.807) is 11.8 Å². The van der Waals surface area contributed by atoms with Crippen molar-refractivity contribution in [2.75, 3.05) is 14.1 Å². The summed E-state index contributed by atoms with van der Waals surface area (Å²) < 4.78 is 2.84. The van der Waals surface area contributed by atoms with Gasteiger partial charge in [-0.15, -0.1) is 21.5 Å². The van der Waals surface area contributed by atoms with Gasteiger partial charge in [-0.2, -0.15) is 0 Å². The summed E-state index contributed by atoms with van der Waals surface area (Å²) in [6, 6.07) is 12.4. The second-order valence-electron chi connectivity index (χ2n) is 7.24. The Kier molecular flexibility index (Phi) is 6.31. The normalized spacial score (nSPS) is 12.7.